The number of benzene rings is 4. The Balaban J connectivity index is 0.00000369. The molecule has 9 rings (SSSR count). The quantitative estimate of drug-likeness (QED) is 0.0769. The van der Waals surface area contributed by atoms with Gasteiger partial charge in [-0.15, -0.1) is 37.2 Å². The fourth-order valence-corrected chi connectivity index (χ4v) is 12.2. The van der Waals surface area contributed by atoms with Gasteiger partial charge in [0.2, 0.25) is 35.4 Å². The lowest BCUT2D eigenvalue weighted by Crippen LogP contribution is -2.62. The highest BCUT2D eigenvalue weighted by Gasteiger charge is 2.48. The molecule has 0 aromatic heterocycles. The molecular formula is C62H84Cl3FN10O7. The minimum absolute atomic E-state index is 0. The van der Waals surface area contributed by atoms with E-state index in [0.29, 0.717) is 43.1 Å². The first-order chi connectivity index (χ1) is 38.2. The summed E-state index contributed by atoms with van der Waals surface area (Å²) in [5.74, 6) is -2.39. The van der Waals surface area contributed by atoms with E-state index in [0.717, 1.165) is 66.7 Å². The highest BCUT2D eigenvalue weighted by atomic mass is 35.5. The third-order valence-electron chi connectivity index (χ3n) is 17.1. The number of nitrogens with one attached hydrogen (secondary N) is 6. The predicted octanol–water partition coefficient (Wildman–Crippen LogP) is 6.01. The predicted molar refractivity (Wildman–Crippen MR) is 328 cm³/mol. The molecule has 0 radical (unpaired) electrons. The van der Waals surface area contributed by atoms with Crippen molar-refractivity contribution >= 4 is 84.0 Å². The van der Waals surface area contributed by atoms with E-state index in [1.807, 2.05) is 63.2 Å². The lowest BCUT2D eigenvalue weighted by molar-refractivity contribution is -0.147. The topological polar surface area (TPSA) is 197 Å². The van der Waals surface area contributed by atoms with Crippen molar-refractivity contribution in [3.8, 4) is 0 Å². The van der Waals surface area contributed by atoms with Crippen LogP contribution in [0.3, 0.4) is 0 Å². The van der Waals surface area contributed by atoms with Gasteiger partial charge in [0, 0.05) is 75.2 Å². The number of carbonyl (C=O) groups excluding carboxylic acids is 6. The molecule has 2 saturated heterocycles. The highest BCUT2D eigenvalue weighted by molar-refractivity contribution is 6.04. The molecule has 0 saturated carbocycles. The van der Waals surface area contributed by atoms with E-state index in [-0.39, 0.29) is 118 Å². The number of hydrogen-bond donors (Lipinski definition) is 6. The number of likely N-dealkylation sites (N-methyl/N-ethyl adjacent to an activating group) is 1. The smallest absolute Gasteiger partial charge is 0.246 e. The van der Waals surface area contributed by atoms with Crippen LogP contribution in [-0.4, -0.2) is 152 Å². The number of hydrogen-bond acceptors (Lipinski definition) is 11. The standard InChI is InChI=1S/C62H81FN10O7.3ClH/c1-38-32-71(48(30-65-38)34-70-24-25-80-36-39(70)2)35-55(75)73-37-62(7,50-23-18-42(27-52(50)73)26-41-16-20-46(63)21-17-41)60(79)66-31-54(74)67-47-22-19-44-29-53(58(77)68-51-15-11-13-43-12-9-10-14-49(43)51)72(33-45(44)28-47)59(78)56(61(4,5)6)69-57(76)40(3)64-8;;;/h9-10,12,14,16-23,27-28,38-40,48,51,53,56,64-65H,11,13,15,24-26,29-37H2,1-8H3,(H,66,79)(H,67,74)(H,68,77)(H,69,76);3*1H/t38-,39-,40+,48-,51-,53+,56-,62-;;;/m1.../s1. The van der Waals surface area contributed by atoms with Crippen LogP contribution in [0.15, 0.2) is 84.9 Å². The Morgan fingerprint density at radius 1 is 0.892 bits per heavy atom. The number of amides is 6. The minimum atomic E-state index is -1.22. The second-order valence-corrected chi connectivity index (χ2v) is 24.1. The molecule has 4 aliphatic heterocycles. The molecule has 21 heteroatoms. The van der Waals surface area contributed by atoms with E-state index in [1.165, 1.54) is 17.7 Å². The van der Waals surface area contributed by atoms with Crippen molar-refractivity contribution in [1.29, 1.82) is 0 Å². The van der Waals surface area contributed by atoms with Crippen LogP contribution in [0.4, 0.5) is 15.8 Å². The zero-order valence-electron chi connectivity index (χ0n) is 49.0. The van der Waals surface area contributed by atoms with Crippen LogP contribution in [0, 0.1) is 11.2 Å². The summed E-state index contributed by atoms with van der Waals surface area (Å²) in [4.78, 5) is 94.1. The number of nitrogens with zero attached hydrogens (tertiary/aromatic N) is 4. The van der Waals surface area contributed by atoms with E-state index < -0.39 is 46.7 Å². The van der Waals surface area contributed by atoms with Crippen LogP contribution in [0.25, 0.3) is 0 Å². The summed E-state index contributed by atoms with van der Waals surface area (Å²) in [7, 11) is 1.67. The molecule has 6 N–H and O–H groups in total. The molecular weight excluding hydrogens is 1120 g/mol. The second-order valence-electron chi connectivity index (χ2n) is 24.1. The van der Waals surface area contributed by atoms with Gasteiger partial charge in [0.05, 0.1) is 43.8 Å². The minimum Gasteiger partial charge on any atom is -0.379 e. The largest absolute Gasteiger partial charge is 0.379 e. The molecule has 4 heterocycles. The molecule has 0 unspecified atom stereocenters. The fourth-order valence-electron chi connectivity index (χ4n) is 12.2. The van der Waals surface area contributed by atoms with Gasteiger partial charge in [-0.25, -0.2) is 4.39 Å². The van der Waals surface area contributed by atoms with Gasteiger partial charge in [-0.3, -0.25) is 38.6 Å². The first-order valence-corrected chi connectivity index (χ1v) is 28.5. The van der Waals surface area contributed by atoms with Crippen LogP contribution in [0.2, 0.25) is 0 Å². The zero-order chi connectivity index (χ0) is 57.0. The van der Waals surface area contributed by atoms with Crippen molar-refractivity contribution in [2.45, 2.75) is 135 Å². The number of piperazine rings is 1. The average molecular weight is 1210 g/mol. The van der Waals surface area contributed by atoms with Crippen LogP contribution < -0.4 is 36.8 Å². The number of carbonyl (C=O) groups is 6. The lowest BCUT2D eigenvalue weighted by Gasteiger charge is -2.43. The van der Waals surface area contributed by atoms with E-state index in [9.17, 15) is 33.2 Å². The molecule has 8 atom stereocenters. The van der Waals surface area contributed by atoms with E-state index >= 15 is 0 Å². The van der Waals surface area contributed by atoms with Crippen LogP contribution in [0.5, 0.6) is 0 Å². The number of rotatable bonds is 16. The SMILES string of the molecule is CN[C@@H](C)C(=O)N[C@H](C(=O)N1Cc2cc(NC(=O)CNC(=O)[C@]3(C)CN(C(=O)CN4C[C@@H](C)NC[C@@H]4CN4CCOC[C@H]4C)c4cc(Cc5ccc(F)cc5)ccc43)ccc2C[C@H]1C(=O)N[C@@H]1CCCc2ccccc21)C(C)(C)C.Cl.Cl.Cl. The lowest BCUT2D eigenvalue weighted by atomic mass is 9.83. The Hall–Kier alpha value is -5.70. The normalized spacial score (nSPS) is 23.0. The monoisotopic (exact) mass is 1200 g/mol. The maximum absolute atomic E-state index is 14.9. The summed E-state index contributed by atoms with van der Waals surface area (Å²) in [5.41, 5.74) is 5.41. The van der Waals surface area contributed by atoms with Crippen LogP contribution in [-0.2, 0) is 64.7 Å². The number of aryl methyl sites for hydroxylation is 1. The van der Waals surface area contributed by atoms with E-state index in [4.69, 9.17) is 4.74 Å². The molecule has 0 spiro atoms. The van der Waals surface area contributed by atoms with E-state index in [1.54, 1.807) is 55.0 Å². The fraction of sp³-hybridized carbons (Fsp3) is 0.516. The second kappa shape index (κ2) is 28.5. The average Bonchev–Trinajstić information content (AvgIpc) is 3.88. The van der Waals surface area contributed by atoms with Crippen molar-refractivity contribution < 1.29 is 37.9 Å². The molecule has 6 amide bonds. The number of halogens is 4. The summed E-state index contributed by atoms with van der Waals surface area (Å²) in [6.45, 7) is 17.7. The van der Waals surface area contributed by atoms with Crippen molar-refractivity contribution in [1.82, 2.24) is 41.3 Å². The van der Waals surface area contributed by atoms with Gasteiger partial charge in [0.1, 0.15) is 17.9 Å². The molecule has 83 heavy (non-hydrogen) atoms. The molecule has 5 aliphatic rings. The van der Waals surface area contributed by atoms with Crippen molar-refractivity contribution in [3.63, 3.8) is 0 Å². The van der Waals surface area contributed by atoms with Gasteiger partial charge in [-0.1, -0.05) is 75.4 Å². The Morgan fingerprint density at radius 2 is 1.63 bits per heavy atom. The summed E-state index contributed by atoms with van der Waals surface area (Å²) < 4.78 is 19.6. The molecule has 0 bridgehead atoms. The summed E-state index contributed by atoms with van der Waals surface area (Å²) in [6, 6.07) is 23.5. The van der Waals surface area contributed by atoms with Gasteiger partial charge >= 0.3 is 0 Å². The molecule has 2 fully saturated rings. The number of ether oxygens (including phenoxy) is 1. The number of anilines is 2. The molecule has 4 aromatic carbocycles. The highest BCUT2D eigenvalue weighted by Crippen LogP contribution is 2.42. The molecule has 452 valence electrons. The Labute approximate surface area is 506 Å². The van der Waals surface area contributed by atoms with Gasteiger partial charge < -0.3 is 46.4 Å². The van der Waals surface area contributed by atoms with E-state index in [2.05, 4.69) is 61.6 Å². The summed E-state index contributed by atoms with van der Waals surface area (Å²) in [6.07, 6.45) is 3.31. The zero-order valence-corrected chi connectivity index (χ0v) is 51.4. The van der Waals surface area contributed by atoms with Crippen LogP contribution in [0.1, 0.15) is 106 Å². The Bertz CT molecular complexity index is 2970. The van der Waals surface area contributed by atoms with Gasteiger partial charge in [0.15, 0.2) is 0 Å². The van der Waals surface area contributed by atoms with Crippen LogP contribution >= 0.6 is 37.2 Å². The summed E-state index contributed by atoms with van der Waals surface area (Å²) in [5, 5.41) is 18.6. The van der Waals surface area contributed by atoms with Gasteiger partial charge in [0.25, 0.3) is 0 Å². The van der Waals surface area contributed by atoms with Crippen molar-refractivity contribution in [3.05, 3.63) is 130 Å². The first-order valence-electron chi connectivity index (χ1n) is 28.5. The Morgan fingerprint density at radius 3 is 2.35 bits per heavy atom. The molecule has 1 aliphatic carbocycles. The Kier molecular flexibility index (Phi) is 22.8. The van der Waals surface area contributed by atoms with Crippen molar-refractivity contribution in [2.24, 2.45) is 5.41 Å². The number of morpholine rings is 1. The number of fused-ring (bicyclic) bond motifs is 3. The third kappa shape index (κ3) is 15.4. The first kappa shape index (κ1) is 66.4. The third-order valence-corrected chi connectivity index (χ3v) is 17.1. The molecule has 4 aromatic rings. The maximum Gasteiger partial charge on any atom is 0.246 e. The maximum atomic E-state index is 14.9. The van der Waals surface area contributed by atoms with Crippen molar-refractivity contribution in [2.75, 3.05) is 76.3 Å². The van der Waals surface area contributed by atoms with Gasteiger partial charge in [-0.2, -0.15) is 0 Å². The molecule has 17 nitrogen and oxygen atoms in total. The van der Waals surface area contributed by atoms with Gasteiger partial charge in [-0.05, 0) is 135 Å². The summed E-state index contributed by atoms with van der Waals surface area (Å²) >= 11 is 0.